The molecule has 1 heterocycles. The van der Waals surface area contributed by atoms with E-state index in [4.69, 9.17) is 9.47 Å². The highest BCUT2D eigenvalue weighted by molar-refractivity contribution is 5.46. The second-order valence-corrected chi connectivity index (χ2v) is 6.09. The first-order valence-electron chi connectivity index (χ1n) is 8.31. The van der Waals surface area contributed by atoms with Gasteiger partial charge in [-0.25, -0.2) is 0 Å². The van der Waals surface area contributed by atoms with Gasteiger partial charge >= 0.3 is 0 Å². The van der Waals surface area contributed by atoms with E-state index in [1.54, 1.807) is 14.2 Å². The van der Waals surface area contributed by atoms with Crippen molar-refractivity contribution in [3.05, 3.63) is 59.7 Å². The third-order valence-corrected chi connectivity index (χ3v) is 4.78. The fraction of sp³-hybridized carbons (Fsp3) is 0.400. The van der Waals surface area contributed by atoms with Gasteiger partial charge in [0, 0.05) is 5.92 Å². The van der Waals surface area contributed by atoms with E-state index in [0.29, 0.717) is 11.8 Å². The van der Waals surface area contributed by atoms with Crippen molar-refractivity contribution >= 4 is 0 Å². The Balaban J connectivity index is 2.01. The summed E-state index contributed by atoms with van der Waals surface area (Å²) in [5.74, 6) is 2.64. The fourth-order valence-corrected chi connectivity index (χ4v) is 3.62. The van der Waals surface area contributed by atoms with E-state index < -0.39 is 0 Å². The van der Waals surface area contributed by atoms with Gasteiger partial charge in [-0.2, -0.15) is 0 Å². The second kappa shape index (κ2) is 7.51. The summed E-state index contributed by atoms with van der Waals surface area (Å²) in [5.41, 5.74) is 2.69. The predicted octanol–water partition coefficient (Wildman–Crippen LogP) is 3.84. The number of ether oxygens (including phenoxy) is 2. The van der Waals surface area contributed by atoms with Crippen molar-refractivity contribution in [1.82, 2.24) is 5.32 Å². The first-order chi connectivity index (χ1) is 11.3. The van der Waals surface area contributed by atoms with Crippen molar-refractivity contribution in [2.75, 3.05) is 27.3 Å². The van der Waals surface area contributed by atoms with E-state index in [1.165, 1.54) is 24.0 Å². The van der Waals surface area contributed by atoms with Gasteiger partial charge in [0.25, 0.3) is 0 Å². The second-order valence-electron chi connectivity index (χ2n) is 6.09. The summed E-state index contributed by atoms with van der Waals surface area (Å²) in [7, 11) is 3.38. The quantitative estimate of drug-likeness (QED) is 0.910. The lowest BCUT2D eigenvalue weighted by atomic mass is 9.76. The maximum atomic E-state index is 5.51. The van der Waals surface area contributed by atoms with Gasteiger partial charge in [0.1, 0.15) is 0 Å². The van der Waals surface area contributed by atoms with Gasteiger partial charge < -0.3 is 14.8 Å². The zero-order valence-electron chi connectivity index (χ0n) is 13.9. The molecule has 1 aliphatic rings. The van der Waals surface area contributed by atoms with Gasteiger partial charge in [-0.3, -0.25) is 0 Å². The van der Waals surface area contributed by atoms with Gasteiger partial charge in [0.05, 0.1) is 14.2 Å². The van der Waals surface area contributed by atoms with E-state index >= 15 is 0 Å². The highest BCUT2D eigenvalue weighted by Crippen LogP contribution is 2.40. The molecule has 2 aromatic rings. The molecule has 122 valence electrons. The molecular formula is C20H25NO2. The molecule has 3 heteroatoms. The van der Waals surface area contributed by atoms with Crippen molar-refractivity contribution in [2.45, 2.75) is 18.8 Å². The maximum absolute atomic E-state index is 5.51. The molecule has 2 aromatic carbocycles. The summed E-state index contributed by atoms with van der Waals surface area (Å²) in [4.78, 5) is 0. The van der Waals surface area contributed by atoms with Crippen LogP contribution in [-0.4, -0.2) is 27.3 Å². The number of methoxy groups -OCH3 is 2. The summed E-state index contributed by atoms with van der Waals surface area (Å²) in [6, 6.07) is 17.2. The van der Waals surface area contributed by atoms with Crippen LogP contribution in [0.15, 0.2) is 48.5 Å². The standard InChI is InChI=1S/C20H25NO2/c1-22-18-9-8-17(14-19(18)23-2)20(15-6-4-3-5-7-15)16-10-12-21-13-11-16/h3-9,14,16,20-21H,10-13H2,1-2H3. The maximum Gasteiger partial charge on any atom is 0.161 e. The molecule has 0 bridgehead atoms. The number of hydrogen-bond acceptors (Lipinski definition) is 3. The van der Waals surface area contributed by atoms with Crippen LogP contribution >= 0.6 is 0 Å². The van der Waals surface area contributed by atoms with Crippen molar-refractivity contribution in [2.24, 2.45) is 5.92 Å². The minimum absolute atomic E-state index is 0.401. The van der Waals surface area contributed by atoms with Gasteiger partial charge in [-0.1, -0.05) is 36.4 Å². The average molecular weight is 311 g/mol. The van der Waals surface area contributed by atoms with Crippen LogP contribution < -0.4 is 14.8 Å². The molecule has 0 spiro atoms. The molecule has 0 aliphatic carbocycles. The summed E-state index contributed by atoms with van der Waals surface area (Å²) in [5, 5.41) is 3.47. The van der Waals surface area contributed by atoms with Crippen LogP contribution in [0.25, 0.3) is 0 Å². The Morgan fingerprint density at radius 2 is 1.57 bits per heavy atom. The summed E-state index contributed by atoms with van der Waals surface area (Å²) in [6.45, 7) is 2.20. The number of hydrogen-bond donors (Lipinski definition) is 1. The monoisotopic (exact) mass is 311 g/mol. The summed E-state index contributed by atoms with van der Waals surface area (Å²) >= 11 is 0. The number of piperidine rings is 1. The molecule has 0 amide bonds. The third-order valence-electron chi connectivity index (χ3n) is 4.78. The van der Waals surface area contributed by atoms with Crippen LogP contribution in [0.5, 0.6) is 11.5 Å². The Kier molecular flexibility index (Phi) is 5.19. The third kappa shape index (κ3) is 3.50. The molecule has 1 atom stereocenters. The van der Waals surface area contributed by atoms with E-state index in [9.17, 15) is 0 Å². The summed E-state index contributed by atoms with van der Waals surface area (Å²) in [6.07, 6.45) is 2.40. The first kappa shape index (κ1) is 15.9. The van der Waals surface area contributed by atoms with Gasteiger partial charge in [0.15, 0.2) is 11.5 Å². The Labute approximate surface area is 138 Å². The number of nitrogens with one attached hydrogen (secondary N) is 1. The predicted molar refractivity (Wildman–Crippen MR) is 93.4 cm³/mol. The van der Waals surface area contributed by atoms with Crippen LogP contribution in [0.3, 0.4) is 0 Å². The molecular weight excluding hydrogens is 286 g/mol. The van der Waals surface area contributed by atoms with E-state index in [-0.39, 0.29) is 0 Å². The van der Waals surface area contributed by atoms with Crippen LogP contribution in [0.4, 0.5) is 0 Å². The Morgan fingerprint density at radius 3 is 2.22 bits per heavy atom. The zero-order valence-corrected chi connectivity index (χ0v) is 13.9. The molecule has 1 saturated heterocycles. The molecule has 3 rings (SSSR count). The molecule has 3 nitrogen and oxygen atoms in total. The fourth-order valence-electron chi connectivity index (χ4n) is 3.62. The molecule has 0 radical (unpaired) electrons. The lowest BCUT2D eigenvalue weighted by molar-refractivity contribution is 0.337. The Hall–Kier alpha value is -2.00. The largest absolute Gasteiger partial charge is 0.493 e. The lowest BCUT2D eigenvalue weighted by Gasteiger charge is -2.32. The first-order valence-corrected chi connectivity index (χ1v) is 8.31. The SMILES string of the molecule is COc1ccc(C(c2ccccc2)C2CCNCC2)cc1OC. The van der Waals surface area contributed by atoms with Gasteiger partial charge in [-0.05, 0) is 55.1 Å². The van der Waals surface area contributed by atoms with Crippen molar-refractivity contribution in [1.29, 1.82) is 0 Å². The topological polar surface area (TPSA) is 30.5 Å². The van der Waals surface area contributed by atoms with Crippen molar-refractivity contribution < 1.29 is 9.47 Å². The van der Waals surface area contributed by atoms with Gasteiger partial charge in [0.2, 0.25) is 0 Å². The molecule has 1 aliphatic heterocycles. The smallest absolute Gasteiger partial charge is 0.161 e. The van der Waals surface area contributed by atoms with E-state index in [0.717, 1.165) is 24.6 Å². The van der Waals surface area contributed by atoms with Crippen molar-refractivity contribution in [3.63, 3.8) is 0 Å². The molecule has 1 fully saturated rings. The highest BCUT2D eigenvalue weighted by atomic mass is 16.5. The van der Waals surface area contributed by atoms with Gasteiger partial charge in [-0.15, -0.1) is 0 Å². The normalized spacial score (nSPS) is 16.8. The number of benzene rings is 2. The van der Waals surface area contributed by atoms with Crippen LogP contribution in [0.2, 0.25) is 0 Å². The number of rotatable bonds is 5. The zero-order chi connectivity index (χ0) is 16.1. The average Bonchev–Trinajstić information content (AvgIpc) is 2.63. The van der Waals surface area contributed by atoms with E-state index in [1.807, 2.05) is 6.07 Å². The van der Waals surface area contributed by atoms with E-state index in [2.05, 4.69) is 47.8 Å². The Bertz CT molecular complexity index is 621. The molecule has 23 heavy (non-hydrogen) atoms. The molecule has 1 unspecified atom stereocenters. The van der Waals surface area contributed by atoms with Crippen LogP contribution in [0.1, 0.15) is 29.9 Å². The van der Waals surface area contributed by atoms with Crippen LogP contribution in [-0.2, 0) is 0 Å². The van der Waals surface area contributed by atoms with Crippen molar-refractivity contribution in [3.8, 4) is 11.5 Å². The minimum atomic E-state index is 0.401. The Morgan fingerprint density at radius 1 is 0.870 bits per heavy atom. The molecule has 0 aromatic heterocycles. The highest BCUT2D eigenvalue weighted by Gasteiger charge is 2.27. The lowest BCUT2D eigenvalue weighted by Crippen LogP contribution is -2.31. The van der Waals surface area contributed by atoms with Crippen LogP contribution in [0, 0.1) is 5.92 Å². The molecule has 1 N–H and O–H groups in total. The molecule has 0 saturated carbocycles. The minimum Gasteiger partial charge on any atom is -0.493 e. The summed E-state index contributed by atoms with van der Waals surface area (Å²) < 4.78 is 10.9.